The molecule has 0 unspecified atom stereocenters. The third-order valence-electron chi connectivity index (χ3n) is 5.45. The second-order valence-corrected chi connectivity index (χ2v) is 8.43. The summed E-state index contributed by atoms with van der Waals surface area (Å²) in [6, 6.07) is 18.5. The van der Waals surface area contributed by atoms with Crippen molar-refractivity contribution in [1.29, 1.82) is 0 Å². The smallest absolute Gasteiger partial charge is 0.257 e. The number of aromatic nitrogens is 2. The van der Waals surface area contributed by atoms with Crippen molar-refractivity contribution in [3.63, 3.8) is 0 Å². The van der Waals surface area contributed by atoms with E-state index in [4.69, 9.17) is 0 Å². The fourth-order valence-corrected chi connectivity index (χ4v) is 3.89. The summed E-state index contributed by atoms with van der Waals surface area (Å²) in [5, 5.41) is 0. The van der Waals surface area contributed by atoms with E-state index in [2.05, 4.69) is 72.5 Å². The lowest BCUT2D eigenvalue weighted by atomic mass is 9.86. The predicted molar refractivity (Wildman–Crippen MR) is 108 cm³/mol. The van der Waals surface area contributed by atoms with Gasteiger partial charge in [-0.15, -0.1) is 0 Å². The molecule has 138 valence electrons. The molecule has 4 rings (SSSR count). The Morgan fingerprint density at radius 2 is 1.74 bits per heavy atom. The van der Waals surface area contributed by atoms with Crippen LogP contribution in [-0.2, 0) is 24.9 Å². The maximum absolute atomic E-state index is 12.9. The number of imidazole rings is 1. The number of hydrogen-bond donors (Lipinski definition) is 0. The van der Waals surface area contributed by atoms with E-state index < -0.39 is 0 Å². The van der Waals surface area contributed by atoms with Crippen LogP contribution < -0.4 is 4.57 Å². The summed E-state index contributed by atoms with van der Waals surface area (Å²) in [5.74, 6) is 1.42. The van der Waals surface area contributed by atoms with Gasteiger partial charge in [0.2, 0.25) is 5.78 Å². The zero-order valence-corrected chi connectivity index (χ0v) is 16.4. The summed E-state index contributed by atoms with van der Waals surface area (Å²) in [6.45, 7) is 8.00. The Morgan fingerprint density at radius 3 is 2.41 bits per heavy atom. The van der Waals surface area contributed by atoms with Crippen molar-refractivity contribution < 1.29 is 9.36 Å². The van der Waals surface area contributed by atoms with Gasteiger partial charge in [-0.2, -0.15) is 0 Å². The molecule has 3 heteroatoms. The highest BCUT2D eigenvalue weighted by Crippen LogP contribution is 2.25. The third kappa shape index (κ3) is 3.46. The molecule has 27 heavy (non-hydrogen) atoms. The quantitative estimate of drug-likeness (QED) is 0.495. The largest absolute Gasteiger partial charge is 0.290 e. The second-order valence-electron chi connectivity index (χ2n) is 8.43. The first-order chi connectivity index (χ1) is 12.9. The molecule has 0 atom stereocenters. The van der Waals surface area contributed by atoms with Crippen LogP contribution in [0.1, 0.15) is 48.9 Å². The number of benzene rings is 2. The van der Waals surface area contributed by atoms with Gasteiger partial charge in [0, 0.05) is 11.1 Å². The molecule has 0 saturated carbocycles. The SMILES string of the molecule is CC(C)(C)c1ccc(C(=O)C[n+]2cc(-c3ccccc3)n3c2CCC3)cc1. The molecule has 2 aromatic carbocycles. The third-order valence-corrected chi connectivity index (χ3v) is 5.45. The Bertz CT molecular complexity index is 960. The zero-order valence-electron chi connectivity index (χ0n) is 16.4. The average molecular weight is 359 g/mol. The lowest BCUT2D eigenvalue weighted by Gasteiger charge is -2.18. The van der Waals surface area contributed by atoms with E-state index in [1.807, 2.05) is 18.2 Å². The van der Waals surface area contributed by atoms with Gasteiger partial charge in [-0.1, -0.05) is 75.4 Å². The van der Waals surface area contributed by atoms with Crippen LogP contribution in [0.15, 0.2) is 60.8 Å². The number of fused-ring (bicyclic) bond motifs is 1. The lowest BCUT2D eigenvalue weighted by molar-refractivity contribution is -0.689. The minimum Gasteiger partial charge on any atom is -0.290 e. The highest BCUT2D eigenvalue weighted by Gasteiger charge is 2.29. The van der Waals surface area contributed by atoms with Gasteiger partial charge in [-0.3, -0.25) is 4.79 Å². The number of carbonyl (C=O) groups excluding carboxylic acids is 1. The van der Waals surface area contributed by atoms with Crippen LogP contribution in [0.3, 0.4) is 0 Å². The van der Waals surface area contributed by atoms with Crippen molar-refractivity contribution in [2.24, 2.45) is 0 Å². The number of nitrogens with zero attached hydrogens (tertiary/aromatic N) is 2. The van der Waals surface area contributed by atoms with Gasteiger partial charge in [0.15, 0.2) is 12.2 Å². The molecule has 0 fully saturated rings. The molecule has 3 aromatic rings. The van der Waals surface area contributed by atoms with E-state index >= 15 is 0 Å². The summed E-state index contributed by atoms with van der Waals surface area (Å²) in [4.78, 5) is 12.9. The van der Waals surface area contributed by atoms with Crippen LogP contribution in [0.5, 0.6) is 0 Å². The number of ketones is 1. The van der Waals surface area contributed by atoms with Crippen molar-refractivity contribution >= 4 is 5.78 Å². The van der Waals surface area contributed by atoms with Crippen LogP contribution in [-0.4, -0.2) is 10.4 Å². The molecule has 0 radical (unpaired) electrons. The fraction of sp³-hybridized carbons (Fsp3) is 0.333. The molecule has 0 N–H and O–H groups in total. The Morgan fingerprint density at radius 1 is 1.04 bits per heavy atom. The topological polar surface area (TPSA) is 25.9 Å². The van der Waals surface area contributed by atoms with Crippen molar-refractivity contribution in [3.05, 3.63) is 77.7 Å². The first-order valence-corrected chi connectivity index (χ1v) is 9.74. The Hall–Kier alpha value is -2.68. The van der Waals surface area contributed by atoms with Gasteiger partial charge in [-0.05, 0) is 17.4 Å². The predicted octanol–water partition coefficient (Wildman–Crippen LogP) is 4.57. The zero-order chi connectivity index (χ0) is 19.0. The lowest BCUT2D eigenvalue weighted by Crippen LogP contribution is -2.40. The molecule has 1 aromatic heterocycles. The normalized spacial score (nSPS) is 13.6. The van der Waals surface area contributed by atoms with Crippen molar-refractivity contribution in [3.8, 4) is 11.3 Å². The minimum absolute atomic E-state index is 0.101. The molecule has 0 amide bonds. The second kappa shape index (κ2) is 6.80. The number of rotatable bonds is 4. The van der Waals surface area contributed by atoms with E-state index in [9.17, 15) is 4.79 Å². The van der Waals surface area contributed by atoms with Gasteiger partial charge in [-0.25, -0.2) is 9.13 Å². The maximum atomic E-state index is 12.9. The van der Waals surface area contributed by atoms with Gasteiger partial charge >= 0.3 is 0 Å². The molecule has 1 aliphatic rings. The first kappa shape index (κ1) is 17.7. The van der Waals surface area contributed by atoms with E-state index in [0.29, 0.717) is 6.54 Å². The van der Waals surface area contributed by atoms with Gasteiger partial charge in [0.05, 0.1) is 13.0 Å². The van der Waals surface area contributed by atoms with Crippen molar-refractivity contribution in [1.82, 2.24) is 4.57 Å². The Balaban J connectivity index is 1.61. The summed E-state index contributed by atoms with van der Waals surface area (Å²) < 4.78 is 4.51. The van der Waals surface area contributed by atoms with Crippen LogP contribution in [0.25, 0.3) is 11.3 Å². The van der Waals surface area contributed by atoms with E-state index in [0.717, 1.165) is 24.9 Å². The monoisotopic (exact) mass is 359 g/mol. The summed E-state index contributed by atoms with van der Waals surface area (Å²) in [7, 11) is 0. The van der Waals surface area contributed by atoms with E-state index in [-0.39, 0.29) is 11.2 Å². The molecule has 0 bridgehead atoms. The van der Waals surface area contributed by atoms with Crippen LogP contribution in [0.4, 0.5) is 0 Å². The van der Waals surface area contributed by atoms with Gasteiger partial charge < -0.3 is 0 Å². The molecule has 2 heterocycles. The summed E-state index contributed by atoms with van der Waals surface area (Å²) in [6.07, 6.45) is 4.32. The summed E-state index contributed by atoms with van der Waals surface area (Å²) >= 11 is 0. The van der Waals surface area contributed by atoms with Crippen LogP contribution in [0, 0.1) is 0 Å². The average Bonchev–Trinajstić information content (AvgIpc) is 3.26. The Kier molecular flexibility index (Phi) is 4.47. The molecule has 0 saturated heterocycles. The Labute approximate surface area is 161 Å². The molecule has 0 spiro atoms. The molecule has 1 aliphatic heterocycles. The van der Waals surface area contributed by atoms with E-state index in [1.54, 1.807) is 0 Å². The van der Waals surface area contributed by atoms with Crippen molar-refractivity contribution in [2.75, 3.05) is 0 Å². The van der Waals surface area contributed by atoms with Crippen LogP contribution >= 0.6 is 0 Å². The highest BCUT2D eigenvalue weighted by molar-refractivity contribution is 5.95. The minimum atomic E-state index is 0.101. The molecule has 0 aliphatic carbocycles. The van der Waals surface area contributed by atoms with Crippen LogP contribution in [0.2, 0.25) is 0 Å². The van der Waals surface area contributed by atoms with Crippen molar-refractivity contribution in [2.45, 2.75) is 52.1 Å². The fourth-order valence-electron chi connectivity index (χ4n) is 3.89. The van der Waals surface area contributed by atoms with Gasteiger partial charge in [0.25, 0.3) is 5.82 Å². The first-order valence-electron chi connectivity index (χ1n) is 9.74. The van der Waals surface area contributed by atoms with E-state index in [1.165, 1.54) is 22.6 Å². The number of hydrogen-bond acceptors (Lipinski definition) is 1. The molecular formula is C24H27N2O+. The highest BCUT2D eigenvalue weighted by atomic mass is 16.1. The maximum Gasteiger partial charge on any atom is 0.257 e. The molecule has 3 nitrogen and oxygen atoms in total. The molecular weight excluding hydrogens is 332 g/mol. The standard InChI is InChI=1S/C24H27N2O/c1-24(2,3)20-13-11-19(12-14-20)22(27)17-25-16-21(18-8-5-4-6-9-18)26-15-7-10-23(25)26/h4-6,8-9,11-14,16H,7,10,15,17H2,1-3H3/q+1. The summed E-state index contributed by atoms with van der Waals surface area (Å²) in [5.41, 5.74) is 4.56. The van der Waals surface area contributed by atoms with Gasteiger partial charge in [0.1, 0.15) is 6.20 Å². The number of carbonyl (C=O) groups is 1. The number of Topliss-reactive ketones (excluding diaryl/α,β-unsaturated/α-hetero) is 1.